The number of hydrogen-bond acceptors (Lipinski definition) is 8. The molecule has 160 valence electrons. The van der Waals surface area contributed by atoms with Crippen molar-refractivity contribution in [3.63, 3.8) is 0 Å². The Bertz CT molecular complexity index is 970. The van der Waals surface area contributed by atoms with E-state index in [1.54, 1.807) is 30.6 Å². The maximum Gasteiger partial charge on any atom is 0.161 e. The second kappa shape index (κ2) is 10.2. The van der Waals surface area contributed by atoms with Crippen molar-refractivity contribution < 1.29 is 14.2 Å². The molecule has 2 aromatic heterocycles. The zero-order chi connectivity index (χ0) is 21.5. The summed E-state index contributed by atoms with van der Waals surface area (Å²) < 4.78 is 17.2. The summed E-state index contributed by atoms with van der Waals surface area (Å²) in [6.45, 7) is 5.20. The number of aromatic nitrogens is 2. The van der Waals surface area contributed by atoms with Gasteiger partial charge in [0.1, 0.15) is 29.0 Å². The Kier molecular flexibility index (Phi) is 7.35. The predicted molar refractivity (Wildman–Crippen MR) is 121 cm³/mol. The fourth-order valence-corrected chi connectivity index (χ4v) is 4.12. The Labute approximate surface area is 181 Å². The molecule has 0 atom stereocenters. The molecule has 0 aliphatic rings. The fraction of sp³-hybridized carbons (Fsp3) is 0.364. The molecule has 8 heteroatoms. The van der Waals surface area contributed by atoms with Gasteiger partial charge in [0.25, 0.3) is 0 Å². The number of pyridine rings is 1. The van der Waals surface area contributed by atoms with Gasteiger partial charge in [-0.05, 0) is 31.0 Å². The zero-order valence-electron chi connectivity index (χ0n) is 17.6. The van der Waals surface area contributed by atoms with Gasteiger partial charge >= 0.3 is 0 Å². The summed E-state index contributed by atoms with van der Waals surface area (Å²) in [6.07, 6.45) is 2.89. The van der Waals surface area contributed by atoms with Gasteiger partial charge in [0.2, 0.25) is 0 Å². The molecule has 0 saturated heterocycles. The van der Waals surface area contributed by atoms with Crippen LogP contribution in [0.4, 0.5) is 11.6 Å². The minimum absolute atomic E-state index is 0.329. The molecule has 0 unspecified atom stereocenters. The predicted octanol–water partition coefficient (Wildman–Crippen LogP) is 4.70. The first-order valence-corrected chi connectivity index (χ1v) is 10.8. The molecule has 0 amide bonds. The number of benzene rings is 1. The lowest BCUT2D eigenvalue weighted by Gasteiger charge is -2.11. The summed E-state index contributed by atoms with van der Waals surface area (Å²) in [5.41, 5.74) is 13.4. The molecule has 3 rings (SSSR count). The third kappa shape index (κ3) is 5.33. The Morgan fingerprint density at radius 2 is 1.70 bits per heavy atom. The number of nitrogen functional groups attached to an aromatic ring is 2. The third-order valence-corrected chi connectivity index (χ3v) is 5.55. The quantitative estimate of drug-likeness (QED) is 0.482. The van der Waals surface area contributed by atoms with Crippen molar-refractivity contribution in [2.24, 2.45) is 0 Å². The Morgan fingerprint density at radius 3 is 2.37 bits per heavy atom. The molecule has 4 N–H and O–H groups in total. The summed E-state index contributed by atoms with van der Waals surface area (Å²) >= 11 is 1.68. The minimum Gasteiger partial charge on any atom is -0.493 e. The van der Waals surface area contributed by atoms with Gasteiger partial charge in [-0.2, -0.15) is 0 Å². The van der Waals surface area contributed by atoms with Crippen LogP contribution in [0, 0.1) is 0 Å². The third-order valence-electron chi connectivity index (χ3n) is 4.34. The molecule has 1 aromatic carbocycles. The van der Waals surface area contributed by atoms with E-state index in [0.717, 1.165) is 41.3 Å². The van der Waals surface area contributed by atoms with Crippen LogP contribution in [0.5, 0.6) is 17.2 Å². The summed E-state index contributed by atoms with van der Waals surface area (Å²) in [6, 6.07) is 9.22. The van der Waals surface area contributed by atoms with Crippen molar-refractivity contribution in [2.45, 2.75) is 39.7 Å². The highest BCUT2D eigenvalue weighted by Gasteiger charge is 2.15. The standard InChI is InChI=1S/C22H28N4O3S/c1-4-6-19-16(13-29-15-11-20(23)26-21(24)12-15)25-22(30-19)14-7-8-17(27-3)18(10-14)28-9-5-2/h7-8,10-12H,4-6,9,13H2,1-3H3,(H4,23,24,26). The second-order valence-corrected chi connectivity index (χ2v) is 7.88. The first kappa shape index (κ1) is 21.7. The van der Waals surface area contributed by atoms with Crippen molar-refractivity contribution in [1.29, 1.82) is 0 Å². The molecular weight excluding hydrogens is 400 g/mol. The van der Waals surface area contributed by atoms with Crippen LogP contribution in [-0.2, 0) is 13.0 Å². The van der Waals surface area contributed by atoms with Gasteiger partial charge in [-0.25, -0.2) is 9.97 Å². The summed E-state index contributed by atoms with van der Waals surface area (Å²) in [5, 5.41) is 0.926. The van der Waals surface area contributed by atoms with Gasteiger partial charge in [-0.3, -0.25) is 0 Å². The molecule has 0 aliphatic carbocycles. The van der Waals surface area contributed by atoms with Gasteiger partial charge in [0, 0.05) is 22.6 Å². The van der Waals surface area contributed by atoms with Crippen LogP contribution < -0.4 is 25.7 Å². The molecule has 0 radical (unpaired) electrons. The van der Waals surface area contributed by atoms with Crippen molar-refractivity contribution in [1.82, 2.24) is 9.97 Å². The van der Waals surface area contributed by atoms with E-state index in [-0.39, 0.29) is 0 Å². The molecule has 0 aliphatic heterocycles. The molecular formula is C22H28N4O3S. The molecule has 30 heavy (non-hydrogen) atoms. The van der Waals surface area contributed by atoms with Crippen LogP contribution in [-0.4, -0.2) is 23.7 Å². The SMILES string of the molecule is CCCOc1cc(-c2nc(COc3cc(N)nc(N)c3)c(CCC)s2)ccc1OC. The maximum absolute atomic E-state index is 5.90. The van der Waals surface area contributed by atoms with Gasteiger partial charge < -0.3 is 25.7 Å². The van der Waals surface area contributed by atoms with E-state index < -0.39 is 0 Å². The number of nitrogens with zero attached hydrogens (tertiary/aromatic N) is 2. The Hall–Kier alpha value is -3.00. The van der Waals surface area contributed by atoms with Gasteiger partial charge in [0.15, 0.2) is 11.5 Å². The van der Waals surface area contributed by atoms with Crippen LogP contribution >= 0.6 is 11.3 Å². The van der Waals surface area contributed by atoms with Gasteiger partial charge in [-0.15, -0.1) is 11.3 Å². The smallest absolute Gasteiger partial charge is 0.161 e. The highest BCUT2D eigenvalue weighted by molar-refractivity contribution is 7.15. The number of nitrogens with two attached hydrogens (primary N) is 2. The van der Waals surface area contributed by atoms with Gasteiger partial charge in [0.05, 0.1) is 19.4 Å². The number of aryl methyl sites for hydroxylation is 1. The monoisotopic (exact) mass is 428 g/mol. The lowest BCUT2D eigenvalue weighted by atomic mass is 10.2. The molecule has 3 aromatic rings. The molecule has 2 heterocycles. The van der Waals surface area contributed by atoms with E-state index in [4.69, 9.17) is 30.7 Å². The van der Waals surface area contributed by atoms with Crippen molar-refractivity contribution >= 4 is 23.0 Å². The normalized spacial score (nSPS) is 10.8. The van der Waals surface area contributed by atoms with E-state index in [2.05, 4.69) is 18.8 Å². The number of hydrogen-bond donors (Lipinski definition) is 2. The topological polar surface area (TPSA) is 106 Å². The fourth-order valence-electron chi connectivity index (χ4n) is 2.96. The van der Waals surface area contributed by atoms with E-state index in [9.17, 15) is 0 Å². The van der Waals surface area contributed by atoms with E-state index in [1.165, 1.54) is 4.88 Å². The molecule has 0 spiro atoms. The van der Waals surface area contributed by atoms with Crippen LogP contribution in [0.25, 0.3) is 10.6 Å². The van der Waals surface area contributed by atoms with Crippen molar-refractivity contribution in [2.75, 3.05) is 25.2 Å². The number of thiazole rings is 1. The second-order valence-electron chi connectivity index (χ2n) is 6.79. The number of anilines is 2. The highest BCUT2D eigenvalue weighted by Crippen LogP contribution is 2.36. The molecule has 7 nitrogen and oxygen atoms in total. The summed E-state index contributed by atoms with van der Waals surface area (Å²) in [5.74, 6) is 2.68. The lowest BCUT2D eigenvalue weighted by Crippen LogP contribution is -2.02. The van der Waals surface area contributed by atoms with Crippen molar-refractivity contribution in [3.05, 3.63) is 40.9 Å². The number of rotatable bonds is 10. The van der Waals surface area contributed by atoms with Crippen LogP contribution in [0.1, 0.15) is 37.3 Å². The first-order chi connectivity index (χ1) is 14.5. The van der Waals surface area contributed by atoms with E-state index >= 15 is 0 Å². The van der Waals surface area contributed by atoms with Gasteiger partial charge in [-0.1, -0.05) is 20.3 Å². The number of ether oxygens (including phenoxy) is 3. The molecule has 0 saturated carbocycles. The zero-order valence-corrected chi connectivity index (χ0v) is 18.4. The average Bonchev–Trinajstić information content (AvgIpc) is 3.13. The molecule has 0 fully saturated rings. The Morgan fingerprint density at radius 1 is 0.933 bits per heavy atom. The van der Waals surface area contributed by atoms with Crippen LogP contribution in [0.2, 0.25) is 0 Å². The average molecular weight is 429 g/mol. The van der Waals surface area contributed by atoms with Crippen molar-refractivity contribution in [3.8, 4) is 27.8 Å². The van der Waals surface area contributed by atoms with Crippen LogP contribution in [0.15, 0.2) is 30.3 Å². The first-order valence-electron chi connectivity index (χ1n) is 9.99. The van der Waals surface area contributed by atoms with E-state index in [0.29, 0.717) is 36.3 Å². The summed E-state index contributed by atoms with van der Waals surface area (Å²) in [7, 11) is 1.64. The van der Waals surface area contributed by atoms with E-state index in [1.807, 2.05) is 18.2 Å². The van der Waals surface area contributed by atoms with Crippen LogP contribution in [0.3, 0.4) is 0 Å². The maximum atomic E-state index is 5.90. The summed E-state index contributed by atoms with van der Waals surface area (Å²) in [4.78, 5) is 10.0. The highest BCUT2D eigenvalue weighted by atomic mass is 32.1. The Balaban J connectivity index is 1.86. The largest absolute Gasteiger partial charge is 0.493 e. The molecule has 0 bridgehead atoms. The number of methoxy groups -OCH3 is 1. The minimum atomic E-state index is 0.329. The lowest BCUT2D eigenvalue weighted by molar-refractivity contribution is 0.294.